The SMILES string of the molecule is CNC(=O)c1nnc(Nc2ccc(C#CC3CCN(CCCCC(=O)O)CC3)cn2)cc1Nc1cccc(-c2ncn(C)n2)c1OC. The standard InChI is InChI=1S/C33H38N10O4/c1-34-33(46)30-26(37-25-8-6-7-24(31(25)47-3)32-36-21-42(2)41-32)19-28(39-40-30)38-27-13-12-23(20-35-27)11-10-22-14-17-43(18-15-22)16-5-4-9-29(44)45/h6-8,12-13,19-22H,4-5,9,14-18H2,1-3H3,(H,34,46)(H,44,45)(H2,35,37,38,39). The van der Waals surface area contributed by atoms with Crippen LogP contribution in [0, 0.1) is 17.8 Å². The predicted molar refractivity (Wildman–Crippen MR) is 177 cm³/mol. The third-order valence-electron chi connectivity index (χ3n) is 7.71. The number of carboxylic acid groups (broad SMARTS) is 1. The van der Waals surface area contributed by atoms with Crippen molar-refractivity contribution in [2.24, 2.45) is 13.0 Å². The van der Waals surface area contributed by atoms with Crippen molar-refractivity contribution in [2.45, 2.75) is 32.1 Å². The van der Waals surface area contributed by atoms with E-state index in [-0.39, 0.29) is 12.1 Å². The second-order valence-electron chi connectivity index (χ2n) is 11.1. The fourth-order valence-corrected chi connectivity index (χ4v) is 5.24. The summed E-state index contributed by atoms with van der Waals surface area (Å²) < 4.78 is 7.33. The third-order valence-corrected chi connectivity index (χ3v) is 7.71. The van der Waals surface area contributed by atoms with Gasteiger partial charge in [-0.25, -0.2) is 9.97 Å². The Morgan fingerprint density at radius 1 is 1.04 bits per heavy atom. The number of nitrogens with zero attached hydrogens (tertiary/aromatic N) is 7. The van der Waals surface area contributed by atoms with E-state index in [1.165, 1.54) is 7.05 Å². The van der Waals surface area contributed by atoms with Crippen LogP contribution in [0.15, 0.2) is 48.9 Å². The minimum Gasteiger partial charge on any atom is -0.494 e. The molecule has 0 radical (unpaired) electrons. The lowest BCUT2D eigenvalue weighted by Gasteiger charge is -2.29. The molecule has 0 unspecified atom stereocenters. The Morgan fingerprint density at radius 3 is 2.55 bits per heavy atom. The molecule has 0 bridgehead atoms. The summed E-state index contributed by atoms with van der Waals surface area (Å²) in [5.41, 5.74) is 2.58. The number of hydrogen-bond donors (Lipinski definition) is 4. The zero-order chi connectivity index (χ0) is 33.2. The van der Waals surface area contributed by atoms with Gasteiger partial charge < -0.3 is 30.7 Å². The van der Waals surface area contributed by atoms with Crippen LogP contribution in [0.5, 0.6) is 5.75 Å². The Labute approximate surface area is 273 Å². The summed E-state index contributed by atoms with van der Waals surface area (Å²) in [5, 5.41) is 30.6. The number of pyridine rings is 1. The lowest BCUT2D eigenvalue weighted by atomic mass is 9.97. The molecule has 244 valence electrons. The number of unbranched alkanes of at least 4 members (excludes halogenated alkanes) is 1. The van der Waals surface area contributed by atoms with Crippen molar-refractivity contribution in [2.75, 3.05) is 44.4 Å². The van der Waals surface area contributed by atoms with Crippen molar-refractivity contribution in [3.63, 3.8) is 0 Å². The zero-order valence-corrected chi connectivity index (χ0v) is 26.7. The number of aromatic nitrogens is 6. The van der Waals surface area contributed by atoms with Crippen molar-refractivity contribution in [3.05, 3.63) is 60.2 Å². The Balaban J connectivity index is 1.24. The van der Waals surface area contributed by atoms with Gasteiger partial charge in [-0.2, -0.15) is 5.10 Å². The molecule has 1 aromatic carbocycles. The number of aryl methyl sites for hydroxylation is 1. The number of likely N-dealkylation sites (tertiary alicyclic amines) is 1. The maximum absolute atomic E-state index is 12.7. The van der Waals surface area contributed by atoms with E-state index < -0.39 is 11.9 Å². The van der Waals surface area contributed by atoms with E-state index in [9.17, 15) is 9.59 Å². The highest BCUT2D eigenvalue weighted by Crippen LogP contribution is 2.37. The molecule has 14 heteroatoms. The van der Waals surface area contributed by atoms with Gasteiger partial charge in [0, 0.05) is 44.3 Å². The second kappa shape index (κ2) is 15.6. The molecule has 0 aliphatic carbocycles. The van der Waals surface area contributed by atoms with Crippen LogP contribution in [0.4, 0.5) is 23.0 Å². The molecular weight excluding hydrogens is 600 g/mol. The molecular formula is C33H38N10O4. The van der Waals surface area contributed by atoms with Gasteiger partial charge in [-0.05, 0) is 69.6 Å². The van der Waals surface area contributed by atoms with E-state index in [1.54, 1.807) is 37.4 Å². The van der Waals surface area contributed by atoms with Crippen LogP contribution in [0.3, 0.4) is 0 Å². The monoisotopic (exact) mass is 638 g/mol. The first-order chi connectivity index (χ1) is 22.8. The van der Waals surface area contributed by atoms with Crippen LogP contribution in [-0.4, -0.2) is 85.6 Å². The van der Waals surface area contributed by atoms with Crippen molar-refractivity contribution in [1.29, 1.82) is 0 Å². The van der Waals surface area contributed by atoms with Crippen molar-refractivity contribution in [1.82, 2.24) is 40.2 Å². The smallest absolute Gasteiger partial charge is 0.303 e. The number of piperidine rings is 1. The maximum atomic E-state index is 12.7. The Morgan fingerprint density at radius 2 is 1.87 bits per heavy atom. The quantitative estimate of drug-likeness (QED) is 0.131. The number of nitrogens with one attached hydrogen (secondary N) is 3. The number of ether oxygens (including phenoxy) is 1. The molecule has 5 rings (SSSR count). The van der Waals surface area contributed by atoms with Gasteiger partial charge in [-0.15, -0.1) is 10.2 Å². The number of anilines is 4. The number of aliphatic carboxylic acids is 1. The minimum atomic E-state index is -0.733. The van der Waals surface area contributed by atoms with E-state index in [0.717, 1.165) is 44.5 Å². The molecule has 1 fully saturated rings. The molecule has 1 saturated heterocycles. The highest BCUT2D eigenvalue weighted by atomic mass is 16.5. The molecule has 1 aliphatic heterocycles. The molecule has 4 heterocycles. The largest absolute Gasteiger partial charge is 0.494 e. The number of rotatable bonds is 12. The van der Waals surface area contributed by atoms with Crippen LogP contribution in [-0.2, 0) is 11.8 Å². The molecule has 4 N–H and O–H groups in total. The van der Waals surface area contributed by atoms with E-state index in [0.29, 0.717) is 52.5 Å². The first-order valence-corrected chi connectivity index (χ1v) is 15.4. The molecule has 0 spiro atoms. The van der Waals surface area contributed by atoms with Gasteiger partial charge >= 0.3 is 5.97 Å². The summed E-state index contributed by atoms with van der Waals surface area (Å²) in [7, 11) is 4.87. The van der Waals surface area contributed by atoms with Crippen molar-refractivity contribution >= 4 is 34.9 Å². The molecule has 0 atom stereocenters. The molecule has 4 aromatic rings. The van der Waals surface area contributed by atoms with Gasteiger partial charge in [-0.3, -0.25) is 14.3 Å². The van der Waals surface area contributed by atoms with E-state index in [2.05, 4.69) is 58.0 Å². The first-order valence-electron chi connectivity index (χ1n) is 15.4. The van der Waals surface area contributed by atoms with Crippen molar-refractivity contribution < 1.29 is 19.4 Å². The van der Waals surface area contributed by atoms with Crippen LogP contribution in [0.1, 0.15) is 48.2 Å². The number of carbonyl (C=O) groups excluding carboxylic acids is 1. The van der Waals surface area contributed by atoms with Gasteiger partial charge in [0.2, 0.25) is 0 Å². The van der Waals surface area contributed by atoms with E-state index in [4.69, 9.17) is 9.84 Å². The fourth-order valence-electron chi connectivity index (χ4n) is 5.24. The van der Waals surface area contributed by atoms with Gasteiger partial charge in [-0.1, -0.05) is 17.9 Å². The van der Waals surface area contributed by atoms with Gasteiger partial charge in [0.1, 0.15) is 12.1 Å². The lowest BCUT2D eigenvalue weighted by molar-refractivity contribution is -0.137. The summed E-state index contributed by atoms with van der Waals surface area (Å²) in [6, 6.07) is 10.9. The molecule has 1 aliphatic rings. The average Bonchev–Trinajstić information content (AvgIpc) is 3.52. The number of methoxy groups -OCH3 is 1. The Bertz CT molecular complexity index is 1760. The second-order valence-corrected chi connectivity index (χ2v) is 11.1. The van der Waals surface area contributed by atoms with Crippen LogP contribution >= 0.6 is 0 Å². The average molecular weight is 639 g/mol. The fraction of sp³-hybridized carbons (Fsp3) is 0.364. The summed E-state index contributed by atoms with van der Waals surface area (Å²) >= 11 is 0. The molecule has 1 amide bonds. The van der Waals surface area contributed by atoms with E-state index in [1.807, 2.05) is 30.3 Å². The zero-order valence-electron chi connectivity index (χ0n) is 26.7. The van der Waals surface area contributed by atoms with Crippen LogP contribution in [0.25, 0.3) is 11.4 Å². The Kier molecular flexibility index (Phi) is 10.9. The Hall–Kier alpha value is -5.55. The normalized spacial score (nSPS) is 13.3. The van der Waals surface area contributed by atoms with Crippen LogP contribution in [0.2, 0.25) is 0 Å². The number of para-hydroxylation sites is 1. The highest BCUT2D eigenvalue weighted by Gasteiger charge is 2.20. The molecule has 3 aromatic heterocycles. The number of carbonyl (C=O) groups is 2. The van der Waals surface area contributed by atoms with Crippen LogP contribution < -0.4 is 20.7 Å². The number of amides is 1. The predicted octanol–water partition coefficient (Wildman–Crippen LogP) is 3.84. The first kappa shape index (κ1) is 32.8. The summed E-state index contributed by atoms with van der Waals surface area (Å²) in [6.07, 6.45) is 7.17. The van der Waals surface area contributed by atoms with E-state index >= 15 is 0 Å². The number of carboxylic acids is 1. The summed E-state index contributed by atoms with van der Waals surface area (Å²) in [4.78, 5) is 34.6. The summed E-state index contributed by atoms with van der Waals surface area (Å²) in [5.74, 6) is 7.74. The molecule has 47 heavy (non-hydrogen) atoms. The number of benzene rings is 1. The lowest BCUT2D eigenvalue weighted by Crippen LogP contribution is -2.34. The third kappa shape index (κ3) is 8.80. The molecule has 14 nitrogen and oxygen atoms in total. The maximum Gasteiger partial charge on any atom is 0.303 e. The molecule has 0 saturated carbocycles. The van der Waals surface area contributed by atoms with Gasteiger partial charge in [0.25, 0.3) is 5.91 Å². The van der Waals surface area contributed by atoms with Crippen molar-refractivity contribution in [3.8, 4) is 29.0 Å². The van der Waals surface area contributed by atoms with Gasteiger partial charge in [0.05, 0.1) is 24.0 Å². The number of hydrogen-bond acceptors (Lipinski definition) is 11. The van der Waals surface area contributed by atoms with Gasteiger partial charge in [0.15, 0.2) is 23.1 Å². The minimum absolute atomic E-state index is 0.101. The highest BCUT2D eigenvalue weighted by molar-refractivity contribution is 5.99. The summed E-state index contributed by atoms with van der Waals surface area (Å²) in [6.45, 7) is 2.89. The topological polar surface area (TPSA) is 172 Å².